The number of aliphatic imine (C=N–C) groups is 2. The van der Waals surface area contributed by atoms with Crippen LogP contribution in [0.4, 0.5) is 0 Å². The molecule has 7 N–H and O–H groups in total. The van der Waals surface area contributed by atoms with Crippen LogP contribution >= 0.6 is 0 Å². The minimum Gasteiger partial charge on any atom is -0.508 e. The zero-order chi connectivity index (χ0) is 30.6. The molecule has 1 heterocycles. The number of carbonyl (C=O) groups excluding carboxylic acids is 1. The molecule has 0 aliphatic carbocycles. The van der Waals surface area contributed by atoms with Crippen LogP contribution in [0, 0.1) is 0 Å². The van der Waals surface area contributed by atoms with Gasteiger partial charge in [0.2, 0.25) is 0 Å². The first-order chi connectivity index (χ1) is 20.1. The molecular formula is C28H36N2O12. The molecule has 230 valence electrons. The molecule has 0 unspecified atom stereocenters. The van der Waals surface area contributed by atoms with Crippen LogP contribution in [0.25, 0.3) is 0 Å². The first-order valence-electron chi connectivity index (χ1n) is 13.1. The van der Waals surface area contributed by atoms with Crippen molar-refractivity contribution in [1.82, 2.24) is 0 Å². The number of aliphatic hydroxyl groups excluding tert-OH is 5. The summed E-state index contributed by atoms with van der Waals surface area (Å²) in [5, 5.41) is 71.3. The molecule has 2 aromatic rings. The third-order valence-corrected chi connectivity index (χ3v) is 6.27. The maximum Gasteiger partial charge on any atom is 0.303 e. The van der Waals surface area contributed by atoms with Gasteiger partial charge in [-0.3, -0.25) is 14.8 Å². The Morgan fingerprint density at radius 1 is 0.952 bits per heavy atom. The fourth-order valence-corrected chi connectivity index (χ4v) is 4.09. The van der Waals surface area contributed by atoms with Gasteiger partial charge in [-0.2, -0.15) is 0 Å². The third kappa shape index (κ3) is 9.27. The molecule has 1 aliphatic heterocycles. The zero-order valence-corrected chi connectivity index (χ0v) is 22.8. The van der Waals surface area contributed by atoms with Gasteiger partial charge in [-0.25, -0.2) is 0 Å². The summed E-state index contributed by atoms with van der Waals surface area (Å²) in [4.78, 5) is 19.8. The molecule has 0 amide bonds. The molecule has 8 atom stereocenters. The van der Waals surface area contributed by atoms with Gasteiger partial charge in [0.1, 0.15) is 42.0 Å². The van der Waals surface area contributed by atoms with E-state index in [0.29, 0.717) is 11.1 Å². The molecule has 14 nitrogen and oxygen atoms in total. The third-order valence-electron chi connectivity index (χ3n) is 6.27. The number of benzene rings is 2. The van der Waals surface area contributed by atoms with Crippen LogP contribution in [0.15, 0.2) is 58.5 Å². The van der Waals surface area contributed by atoms with Crippen molar-refractivity contribution >= 4 is 18.4 Å². The van der Waals surface area contributed by atoms with Gasteiger partial charge >= 0.3 is 5.97 Å². The van der Waals surface area contributed by atoms with Crippen molar-refractivity contribution in [3.8, 4) is 11.5 Å². The number of hydrogen-bond acceptors (Lipinski definition) is 14. The Morgan fingerprint density at radius 3 is 2.05 bits per heavy atom. The second kappa shape index (κ2) is 16.2. The first-order valence-corrected chi connectivity index (χ1v) is 13.1. The summed E-state index contributed by atoms with van der Waals surface area (Å²) >= 11 is 0. The maximum absolute atomic E-state index is 11.6. The Labute approximate surface area is 241 Å². The number of aliphatic hydroxyl groups is 5. The molecule has 0 bridgehead atoms. The summed E-state index contributed by atoms with van der Waals surface area (Å²) in [5.41, 5.74) is 0.973. The van der Waals surface area contributed by atoms with Gasteiger partial charge in [-0.05, 0) is 12.1 Å². The molecule has 14 heteroatoms. The Hall–Kier alpha value is -3.47. The summed E-state index contributed by atoms with van der Waals surface area (Å²) in [7, 11) is 0. The van der Waals surface area contributed by atoms with Gasteiger partial charge < -0.3 is 54.7 Å². The standard InChI is InChI=1S/C28H36N2O12/c1-16(33)39-27-25(37)23(15-32)42-28(26(27)38)41-21(12-29-10-17-6-2-4-8-19(17)34)22(14-31)40-24(36)13-30-11-18-7-3-5-9-20(18)35/h2-9,12-13,21-28,31-32,34-38H,10-11,14-15H2,1H3/t21-,22+,23-,24-,25-,26+,27-,28-/m0/s1. The van der Waals surface area contributed by atoms with Crippen molar-refractivity contribution in [2.24, 2.45) is 9.98 Å². The largest absolute Gasteiger partial charge is 0.508 e. The van der Waals surface area contributed by atoms with Crippen molar-refractivity contribution in [3.63, 3.8) is 0 Å². The van der Waals surface area contributed by atoms with Crippen LogP contribution in [0.5, 0.6) is 11.5 Å². The van der Waals surface area contributed by atoms with Gasteiger partial charge in [0.25, 0.3) is 0 Å². The van der Waals surface area contributed by atoms with Crippen LogP contribution in [0.1, 0.15) is 18.1 Å². The number of para-hydroxylation sites is 2. The van der Waals surface area contributed by atoms with Gasteiger partial charge in [0, 0.05) is 24.3 Å². The highest BCUT2D eigenvalue weighted by atomic mass is 16.7. The lowest BCUT2D eigenvalue weighted by molar-refractivity contribution is -0.315. The average molecular weight is 593 g/mol. The van der Waals surface area contributed by atoms with Crippen LogP contribution in [0.2, 0.25) is 0 Å². The lowest BCUT2D eigenvalue weighted by Crippen LogP contribution is -2.61. The zero-order valence-electron chi connectivity index (χ0n) is 22.8. The van der Waals surface area contributed by atoms with E-state index in [0.717, 1.165) is 13.1 Å². The van der Waals surface area contributed by atoms with E-state index in [1.807, 2.05) is 0 Å². The fraction of sp³-hybridized carbons (Fsp3) is 0.464. The summed E-state index contributed by atoms with van der Waals surface area (Å²) in [6, 6.07) is 13.0. The number of nitrogens with zero attached hydrogens (tertiary/aromatic N) is 2. The molecule has 3 rings (SSSR count). The number of ether oxygens (including phenoxy) is 4. The van der Waals surface area contributed by atoms with E-state index < -0.39 is 68.4 Å². The SMILES string of the molecule is CC(=O)O[C@H]1[C@@H](O)[C@H](CO)O[C@H](O[C@@H](C=NCc2ccccc2O)[C@@H](CO)O[C@H](O)C=NCc2ccccc2O)[C@@H]1O. The number of phenols is 2. The number of hydrogen-bond donors (Lipinski definition) is 7. The number of phenolic OH excluding ortho intramolecular Hbond substituents is 2. The second-order valence-corrected chi connectivity index (χ2v) is 9.37. The lowest BCUT2D eigenvalue weighted by atomic mass is 9.99. The molecule has 0 spiro atoms. The van der Waals surface area contributed by atoms with Crippen LogP contribution in [-0.2, 0) is 36.8 Å². The van der Waals surface area contributed by atoms with E-state index in [1.165, 1.54) is 18.3 Å². The molecular weight excluding hydrogens is 556 g/mol. The Morgan fingerprint density at radius 2 is 1.52 bits per heavy atom. The van der Waals surface area contributed by atoms with Crippen molar-refractivity contribution in [1.29, 1.82) is 0 Å². The van der Waals surface area contributed by atoms with E-state index in [2.05, 4.69) is 9.98 Å². The molecule has 0 saturated carbocycles. The number of carbonyl (C=O) groups is 1. The summed E-state index contributed by atoms with van der Waals surface area (Å²) in [6.45, 7) is -0.338. The van der Waals surface area contributed by atoms with E-state index in [-0.39, 0.29) is 24.6 Å². The van der Waals surface area contributed by atoms with Crippen molar-refractivity contribution in [3.05, 3.63) is 59.7 Å². The number of aromatic hydroxyl groups is 2. The smallest absolute Gasteiger partial charge is 0.303 e. The molecule has 42 heavy (non-hydrogen) atoms. The highest BCUT2D eigenvalue weighted by Gasteiger charge is 2.48. The topological polar surface area (TPSA) is 220 Å². The molecule has 1 aliphatic rings. The fourth-order valence-electron chi connectivity index (χ4n) is 4.09. The predicted octanol–water partition coefficient (Wildman–Crippen LogP) is -0.609. The molecule has 2 aromatic carbocycles. The van der Waals surface area contributed by atoms with Crippen molar-refractivity contribution in [2.75, 3.05) is 13.2 Å². The number of rotatable bonds is 14. The Kier molecular flexibility index (Phi) is 12.8. The molecule has 1 fully saturated rings. The molecule has 0 aromatic heterocycles. The lowest BCUT2D eigenvalue weighted by Gasteiger charge is -2.42. The van der Waals surface area contributed by atoms with E-state index >= 15 is 0 Å². The summed E-state index contributed by atoms with van der Waals surface area (Å²) in [5.74, 6) is -0.788. The first kappa shape index (κ1) is 33.0. The van der Waals surface area contributed by atoms with Crippen LogP contribution in [0.3, 0.4) is 0 Å². The van der Waals surface area contributed by atoms with E-state index in [9.17, 15) is 40.5 Å². The second-order valence-electron chi connectivity index (χ2n) is 9.37. The molecule has 0 radical (unpaired) electrons. The maximum atomic E-state index is 11.6. The van der Waals surface area contributed by atoms with Crippen molar-refractivity contribution in [2.45, 2.75) is 69.2 Å². The minimum atomic E-state index is -1.73. The highest BCUT2D eigenvalue weighted by Crippen LogP contribution is 2.26. The van der Waals surface area contributed by atoms with E-state index in [4.69, 9.17) is 18.9 Å². The van der Waals surface area contributed by atoms with Gasteiger partial charge in [-0.1, -0.05) is 36.4 Å². The van der Waals surface area contributed by atoms with Crippen LogP contribution < -0.4 is 0 Å². The normalized spacial score (nSPS) is 25.0. The number of esters is 1. The summed E-state index contributed by atoms with van der Waals surface area (Å²) < 4.78 is 21.9. The van der Waals surface area contributed by atoms with Gasteiger partial charge in [0.05, 0.1) is 32.5 Å². The van der Waals surface area contributed by atoms with Gasteiger partial charge in [-0.15, -0.1) is 0 Å². The summed E-state index contributed by atoms with van der Waals surface area (Å²) in [6.07, 6.45) is -9.79. The Bertz CT molecular complexity index is 1190. The average Bonchev–Trinajstić information content (AvgIpc) is 2.96. The van der Waals surface area contributed by atoms with Crippen molar-refractivity contribution < 1.29 is 59.5 Å². The van der Waals surface area contributed by atoms with E-state index in [1.54, 1.807) is 36.4 Å². The Balaban J connectivity index is 1.79. The van der Waals surface area contributed by atoms with Crippen LogP contribution in [-0.4, -0.2) is 117 Å². The predicted molar refractivity (Wildman–Crippen MR) is 147 cm³/mol. The minimum absolute atomic E-state index is 0.00630. The quantitative estimate of drug-likeness (QED) is 0.0830. The monoisotopic (exact) mass is 592 g/mol. The molecule has 1 saturated heterocycles. The van der Waals surface area contributed by atoms with Gasteiger partial charge in [0.15, 0.2) is 18.7 Å². The highest BCUT2D eigenvalue weighted by molar-refractivity contribution is 5.66.